The second-order valence-corrected chi connectivity index (χ2v) is 9.59. The average Bonchev–Trinajstić information content (AvgIpc) is 3.18. The Morgan fingerprint density at radius 3 is 2.34 bits per heavy atom. The van der Waals surface area contributed by atoms with Gasteiger partial charge in [-0.1, -0.05) is 31.5 Å². The lowest BCUT2D eigenvalue weighted by Crippen LogP contribution is -2.16. The second kappa shape index (κ2) is 9.65. The van der Waals surface area contributed by atoms with Crippen LogP contribution in [-0.2, 0) is 0 Å². The van der Waals surface area contributed by atoms with Crippen molar-refractivity contribution in [3.63, 3.8) is 0 Å². The van der Waals surface area contributed by atoms with Crippen molar-refractivity contribution in [3.8, 4) is 11.4 Å². The number of hydrogen-bond donors (Lipinski definition) is 1. The zero-order chi connectivity index (χ0) is 22.7. The van der Waals surface area contributed by atoms with E-state index in [1.165, 1.54) is 21.7 Å². The number of hydrogen-bond acceptors (Lipinski definition) is 5. The summed E-state index contributed by atoms with van der Waals surface area (Å²) in [5, 5.41) is 20.0. The number of anilines is 2. The Bertz CT molecular complexity index is 1200. The van der Waals surface area contributed by atoms with Gasteiger partial charge in [-0.2, -0.15) is 0 Å². The van der Waals surface area contributed by atoms with E-state index >= 15 is 0 Å². The fourth-order valence-electron chi connectivity index (χ4n) is 3.59. The predicted molar refractivity (Wildman–Crippen MR) is 135 cm³/mol. The predicted octanol–water partition coefficient (Wildman–Crippen LogP) is 6.73. The first kappa shape index (κ1) is 22.2. The molecule has 0 spiro atoms. The SMILES string of the molecule is CCN(c1ccc(C)cc1)c1ccc(-n2nc3ccc(SCCC(C)C)cc3n2)c(O)c1. The summed E-state index contributed by atoms with van der Waals surface area (Å²) in [6.45, 7) is 9.46. The van der Waals surface area contributed by atoms with E-state index in [-0.39, 0.29) is 5.75 Å². The summed E-state index contributed by atoms with van der Waals surface area (Å²) in [6.07, 6.45) is 1.19. The monoisotopic (exact) mass is 446 g/mol. The molecule has 1 N–H and O–H groups in total. The number of aryl methyl sites for hydroxylation is 1. The van der Waals surface area contributed by atoms with Crippen LogP contribution >= 0.6 is 11.8 Å². The first-order valence-electron chi connectivity index (χ1n) is 11.1. The fourth-order valence-corrected chi connectivity index (χ4v) is 4.78. The molecule has 0 saturated carbocycles. The van der Waals surface area contributed by atoms with Crippen LogP contribution in [0.25, 0.3) is 16.7 Å². The van der Waals surface area contributed by atoms with Crippen LogP contribution in [0.1, 0.15) is 32.8 Å². The van der Waals surface area contributed by atoms with Gasteiger partial charge in [0.15, 0.2) is 0 Å². The molecule has 0 fully saturated rings. The molecule has 0 unspecified atom stereocenters. The average molecular weight is 447 g/mol. The van der Waals surface area contributed by atoms with Crippen LogP contribution in [0, 0.1) is 12.8 Å². The van der Waals surface area contributed by atoms with Gasteiger partial charge in [0.2, 0.25) is 0 Å². The number of aromatic hydroxyl groups is 1. The van der Waals surface area contributed by atoms with Crippen molar-refractivity contribution in [2.45, 2.75) is 39.0 Å². The van der Waals surface area contributed by atoms with Crippen LogP contribution < -0.4 is 4.90 Å². The molecule has 0 amide bonds. The number of aromatic nitrogens is 3. The summed E-state index contributed by atoms with van der Waals surface area (Å²) in [4.78, 5) is 4.88. The summed E-state index contributed by atoms with van der Waals surface area (Å²) >= 11 is 1.85. The van der Waals surface area contributed by atoms with Gasteiger partial charge in [-0.25, -0.2) is 0 Å². The van der Waals surface area contributed by atoms with E-state index in [0.717, 1.165) is 34.7 Å². The van der Waals surface area contributed by atoms with Gasteiger partial charge < -0.3 is 10.0 Å². The van der Waals surface area contributed by atoms with E-state index in [2.05, 4.69) is 79.2 Å². The summed E-state index contributed by atoms with van der Waals surface area (Å²) in [7, 11) is 0. The Labute approximate surface area is 194 Å². The van der Waals surface area contributed by atoms with Crippen LogP contribution in [0.3, 0.4) is 0 Å². The molecule has 0 aliphatic carbocycles. The smallest absolute Gasteiger partial charge is 0.145 e. The molecule has 0 aliphatic rings. The number of thioether (sulfide) groups is 1. The molecule has 32 heavy (non-hydrogen) atoms. The highest BCUT2D eigenvalue weighted by molar-refractivity contribution is 7.99. The number of fused-ring (bicyclic) bond motifs is 1. The molecule has 0 atom stereocenters. The topological polar surface area (TPSA) is 54.2 Å². The molecule has 4 aromatic rings. The van der Waals surface area contributed by atoms with Gasteiger partial charge in [0.05, 0.1) is 0 Å². The van der Waals surface area contributed by atoms with E-state index in [0.29, 0.717) is 11.6 Å². The van der Waals surface area contributed by atoms with Crippen molar-refractivity contribution < 1.29 is 5.11 Å². The minimum absolute atomic E-state index is 0.153. The molecule has 0 bridgehead atoms. The first-order valence-corrected chi connectivity index (χ1v) is 12.1. The number of phenolic OH excluding ortho intramolecular Hbond substituents is 1. The summed E-state index contributed by atoms with van der Waals surface area (Å²) in [6, 6.07) is 20.2. The lowest BCUT2D eigenvalue weighted by molar-refractivity contribution is 0.468. The highest BCUT2D eigenvalue weighted by Crippen LogP contribution is 2.32. The highest BCUT2D eigenvalue weighted by Gasteiger charge is 2.14. The first-order chi connectivity index (χ1) is 15.4. The van der Waals surface area contributed by atoms with Crippen molar-refractivity contribution in [2.75, 3.05) is 17.2 Å². The van der Waals surface area contributed by atoms with Crippen molar-refractivity contribution in [2.24, 2.45) is 5.92 Å². The van der Waals surface area contributed by atoms with E-state index in [1.807, 2.05) is 30.0 Å². The van der Waals surface area contributed by atoms with Gasteiger partial charge in [-0.15, -0.1) is 26.8 Å². The molecule has 0 radical (unpaired) electrons. The Morgan fingerprint density at radius 2 is 1.66 bits per heavy atom. The number of rotatable bonds is 8. The third-order valence-electron chi connectivity index (χ3n) is 5.46. The van der Waals surface area contributed by atoms with Crippen LogP contribution in [0.15, 0.2) is 65.6 Å². The Balaban J connectivity index is 1.58. The van der Waals surface area contributed by atoms with Crippen LogP contribution in [0.2, 0.25) is 0 Å². The zero-order valence-corrected chi connectivity index (χ0v) is 19.9. The molecular weight excluding hydrogens is 416 g/mol. The van der Waals surface area contributed by atoms with E-state index < -0.39 is 0 Å². The zero-order valence-electron chi connectivity index (χ0n) is 19.1. The highest BCUT2D eigenvalue weighted by atomic mass is 32.2. The largest absolute Gasteiger partial charge is 0.506 e. The van der Waals surface area contributed by atoms with Crippen molar-refractivity contribution in [3.05, 3.63) is 66.2 Å². The minimum Gasteiger partial charge on any atom is -0.506 e. The molecule has 3 aromatic carbocycles. The molecular formula is C26H30N4OS. The number of nitrogens with zero attached hydrogens (tertiary/aromatic N) is 4. The Hall–Kier alpha value is -2.99. The van der Waals surface area contributed by atoms with E-state index in [1.54, 1.807) is 6.07 Å². The number of benzene rings is 3. The maximum atomic E-state index is 10.8. The Morgan fingerprint density at radius 1 is 0.938 bits per heavy atom. The van der Waals surface area contributed by atoms with Gasteiger partial charge in [0, 0.05) is 28.9 Å². The van der Waals surface area contributed by atoms with Crippen LogP contribution in [0.4, 0.5) is 11.4 Å². The number of phenols is 1. The molecule has 6 heteroatoms. The van der Waals surface area contributed by atoms with Crippen molar-refractivity contribution in [1.29, 1.82) is 0 Å². The van der Waals surface area contributed by atoms with E-state index in [4.69, 9.17) is 0 Å². The second-order valence-electron chi connectivity index (χ2n) is 8.42. The third-order valence-corrected chi connectivity index (χ3v) is 6.49. The summed E-state index contributed by atoms with van der Waals surface area (Å²) in [5.41, 5.74) is 5.46. The van der Waals surface area contributed by atoms with Gasteiger partial charge in [-0.3, -0.25) is 0 Å². The standard InChI is InChI=1S/C26H30N4OS/c1-5-29(20-8-6-19(4)7-9-20)21-10-13-25(26(31)16-21)30-27-23-12-11-22(17-24(23)28-30)32-15-14-18(2)3/h6-13,16-18,31H,5,14-15H2,1-4H3. The molecule has 0 aliphatic heterocycles. The molecule has 1 heterocycles. The normalized spacial score (nSPS) is 11.4. The van der Waals surface area contributed by atoms with Gasteiger partial charge in [0.1, 0.15) is 22.5 Å². The minimum atomic E-state index is 0.153. The third kappa shape index (κ3) is 4.91. The Kier molecular flexibility index (Phi) is 6.70. The molecule has 0 saturated heterocycles. The van der Waals surface area contributed by atoms with Gasteiger partial charge in [-0.05, 0) is 74.4 Å². The summed E-state index contributed by atoms with van der Waals surface area (Å²) < 4.78 is 0. The summed E-state index contributed by atoms with van der Waals surface area (Å²) in [5.74, 6) is 1.95. The maximum absolute atomic E-state index is 10.8. The molecule has 1 aromatic heterocycles. The lowest BCUT2D eigenvalue weighted by atomic mass is 10.2. The van der Waals surface area contributed by atoms with Gasteiger partial charge in [0.25, 0.3) is 0 Å². The molecule has 166 valence electrons. The maximum Gasteiger partial charge on any atom is 0.145 e. The molecule has 4 rings (SSSR count). The van der Waals surface area contributed by atoms with Crippen LogP contribution in [0.5, 0.6) is 5.75 Å². The van der Waals surface area contributed by atoms with Crippen LogP contribution in [-0.4, -0.2) is 32.4 Å². The lowest BCUT2D eigenvalue weighted by Gasteiger charge is -2.24. The quantitative estimate of drug-likeness (QED) is 0.304. The van der Waals surface area contributed by atoms with E-state index in [9.17, 15) is 5.11 Å². The van der Waals surface area contributed by atoms with Gasteiger partial charge >= 0.3 is 0 Å². The van der Waals surface area contributed by atoms with Crippen molar-refractivity contribution >= 4 is 34.2 Å². The fraction of sp³-hybridized carbons (Fsp3) is 0.308. The van der Waals surface area contributed by atoms with Crippen molar-refractivity contribution in [1.82, 2.24) is 15.0 Å². The molecule has 5 nitrogen and oxygen atoms in total.